The molecule has 2 atom stereocenters. The molecule has 0 unspecified atom stereocenters. The molecule has 14 nitrogen and oxygen atoms in total. The highest BCUT2D eigenvalue weighted by Gasteiger charge is 2.52. The number of phenolic OH excluding ortho intramolecular Hbond substituents is 1. The highest BCUT2D eigenvalue weighted by Crippen LogP contribution is 2.41. The number of hydrogen-bond acceptors (Lipinski definition) is 10. The molecule has 1 aromatic heterocycles. The first kappa shape index (κ1) is 35.1. The SMILES string of the molecule is O=C(C[n+]1ccc(CN2CC/C(=C\C3=C(C(=O)[O-])N4C(=O)[C@@H](NC(=O)COc5ccc(CO)cc5)[C@H]4SC3)C2=O)cc1)Nc1ccc(O)c(F)c1. The molecule has 4 heterocycles. The summed E-state index contributed by atoms with van der Waals surface area (Å²) in [6.45, 7) is 0.0932. The van der Waals surface area contributed by atoms with Crippen molar-refractivity contribution >= 4 is 47.0 Å². The Balaban J connectivity index is 1.03. The van der Waals surface area contributed by atoms with Crippen LogP contribution in [0.4, 0.5) is 10.1 Å². The fourth-order valence-electron chi connectivity index (χ4n) is 5.83. The Morgan fingerprint density at radius 3 is 2.49 bits per heavy atom. The summed E-state index contributed by atoms with van der Waals surface area (Å²) in [6.07, 6.45) is 5.20. The number of anilines is 1. The number of aromatic hydroxyl groups is 1. The number of carboxylic acids is 1. The second-order valence-corrected chi connectivity index (χ2v) is 13.1. The van der Waals surface area contributed by atoms with Crippen molar-refractivity contribution in [2.75, 3.05) is 24.2 Å². The van der Waals surface area contributed by atoms with Crippen molar-refractivity contribution in [3.8, 4) is 11.5 Å². The number of pyridine rings is 1. The maximum absolute atomic E-state index is 13.6. The Bertz CT molecular complexity index is 1950. The van der Waals surface area contributed by atoms with Crippen LogP contribution in [0.3, 0.4) is 0 Å². The Morgan fingerprint density at radius 2 is 1.80 bits per heavy atom. The number of halogens is 1. The number of carbonyl (C=O) groups is 5. The molecule has 0 spiro atoms. The van der Waals surface area contributed by atoms with Crippen molar-refractivity contribution in [1.82, 2.24) is 15.1 Å². The minimum absolute atomic E-state index is 0.0598. The number of thioether (sulfide) groups is 1. The van der Waals surface area contributed by atoms with Gasteiger partial charge in [0.25, 0.3) is 17.7 Å². The molecule has 2 aromatic carbocycles. The summed E-state index contributed by atoms with van der Waals surface area (Å²) in [5.74, 6) is -4.24. The largest absolute Gasteiger partial charge is 0.543 e. The third kappa shape index (κ3) is 7.86. The lowest BCUT2D eigenvalue weighted by atomic mass is 10.0. The number of ether oxygens (including phenoxy) is 1. The number of amides is 4. The Labute approximate surface area is 294 Å². The van der Waals surface area contributed by atoms with E-state index in [0.29, 0.717) is 29.9 Å². The molecule has 16 heteroatoms. The minimum atomic E-state index is -1.57. The van der Waals surface area contributed by atoms with Gasteiger partial charge in [-0.05, 0) is 53.5 Å². The number of β-lactam (4-membered cyclic amide) rings is 1. The van der Waals surface area contributed by atoms with Crippen LogP contribution in [0.1, 0.15) is 17.5 Å². The van der Waals surface area contributed by atoms with Gasteiger partial charge in [-0.1, -0.05) is 12.1 Å². The molecule has 0 bridgehead atoms. The summed E-state index contributed by atoms with van der Waals surface area (Å²) >= 11 is 1.26. The predicted molar refractivity (Wildman–Crippen MR) is 176 cm³/mol. The van der Waals surface area contributed by atoms with Gasteiger partial charge >= 0.3 is 0 Å². The van der Waals surface area contributed by atoms with Crippen LogP contribution in [0.2, 0.25) is 0 Å². The molecule has 4 N–H and O–H groups in total. The molecule has 3 aromatic rings. The van der Waals surface area contributed by atoms with E-state index in [1.165, 1.54) is 23.9 Å². The summed E-state index contributed by atoms with van der Waals surface area (Å²) in [5.41, 5.74) is 1.99. The smallest absolute Gasteiger partial charge is 0.290 e. The maximum Gasteiger partial charge on any atom is 0.290 e. The average molecular weight is 718 g/mol. The molecule has 51 heavy (non-hydrogen) atoms. The summed E-state index contributed by atoms with van der Waals surface area (Å²) in [6, 6.07) is 12.6. The quantitative estimate of drug-likeness (QED) is 0.0865. The van der Waals surface area contributed by atoms with E-state index in [-0.39, 0.29) is 54.9 Å². The van der Waals surface area contributed by atoms with E-state index in [0.717, 1.165) is 22.6 Å². The number of aliphatic hydroxyl groups is 1. The van der Waals surface area contributed by atoms with Gasteiger partial charge in [-0.2, -0.15) is 4.57 Å². The zero-order valence-electron chi connectivity index (χ0n) is 26.9. The first-order valence-corrected chi connectivity index (χ1v) is 16.8. The number of carboxylic acid groups (broad SMARTS) is 1. The molecule has 2 fully saturated rings. The summed E-state index contributed by atoms with van der Waals surface area (Å²) in [4.78, 5) is 66.2. The summed E-state index contributed by atoms with van der Waals surface area (Å²) < 4.78 is 20.6. The van der Waals surface area contributed by atoms with Crippen molar-refractivity contribution in [2.45, 2.75) is 37.5 Å². The van der Waals surface area contributed by atoms with E-state index in [2.05, 4.69) is 10.6 Å². The summed E-state index contributed by atoms with van der Waals surface area (Å²) in [7, 11) is 0. The molecular formula is C35H32FN5O9S. The molecule has 0 radical (unpaired) electrons. The van der Waals surface area contributed by atoms with Crippen molar-refractivity contribution in [1.29, 1.82) is 0 Å². The van der Waals surface area contributed by atoms with Gasteiger partial charge < -0.3 is 40.4 Å². The fourth-order valence-corrected chi connectivity index (χ4v) is 7.14. The number of allylic oxidation sites excluding steroid dienone is 1. The van der Waals surface area contributed by atoms with Crippen LogP contribution in [0.15, 0.2) is 89.9 Å². The molecule has 264 valence electrons. The van der Waals surface area contributed by atoms with Gasteiger partial charge in [0.2, 0.25) is 12.5 Å². The lowest BCUT2D eigenvalue weighted by Gasteiger charge is -2.50. The standard InChI is InChI=1S/C35H32FN5O9S/c36-26-14-24(3-6-27(26)43)37-28(44)16-39-10-7-20(8-11-39)15-40-12-9-22(32(40)46)13-23-19-51-34-30(33(47)41(34)31(23)35(48)49)38-29(45)18-50-25-4-1-21(17-42)2-5-25/h1-8,10-11,13-14,30,34,42H,9,12,15-19H2,(H3-,37,38,43,44,45,48,49)/b22-13+/t30-,34-/m1/s1. The Kier molecular flexibility index (Phi) is 10.3. The lowest BCUT2D eigenvalue weighted by molar-refractivity contribution is -0.684. The zero-order valence-corrected chi connectivity index (χ0v) is 27.7. The molecule has 4 amide bonds. The van der Waals surface area contributed by atoms with Crippen molar-refractivity contribution < 1.29 is 53.0 Å². The van der Waals surface area contributed by atoms with Crippen molar-refractivity contribution in [3.63, 3.8) is 0 Å². The topological polar surface area (TPSA) is 193 Å². The maximum atomic E-state index is 13.6. The monoisotopic (exact) mass is 717 g/mol. The van der Waals surface area contributed by atoms with Crippen LogP contribution in [0.5, 0.6) is 11.5 Å². The van der Waals surface area contributed by atoms with Gasteiger partial charge in [-0.25, -0.2) is 4.39 Å². The van der Waals surface area contributed by atoms with E-state index in [4.69, 9.17) is 9.84 Å². The highest BCUT2D eigenvalue weighted by molar-refractivity contribution is 8.00. The lowest BCUT2D eigenvalue weighted by Crippen LogP contribution is -2.71. The van der Waals surface area contributed by atoms with Crippen LogP contribution in [-0.4, -0.2) is 79.9 Å². The number of phenols is 1. The van der Waals surface area contributed by atoms with Gasteiger partial charge in [0.05, 0.1) is 18.3 Å². The minimum Gasteiger partial charge on any atom is -0.543 e. The van der Waals surface area contributed by atoms with Gasteiger partial charge in [0.15, 0.2) is 30.6 Å². The molecule has 3 aliphatic heterocycles. The van der Waals surface area contributed by atoms with E-state index in [1.54, 1.807) is 58.3 Å². The number of likely N-dealkylation sites (tertiary alicyclic amines) is 1. The Morgan fingerprint density at radius 1 is 1.06 bits per heavy atom. The number of carbonyl (C=O) groups excluding carboxylic acids is 5. The normalized spacial score (nSPS) is 19.1. The van der Waals surface area contributed by atoms with Gasteiger partial charge in [-0.15, -0.1) is 11.8 Å². The predicted octanol–water partition coefficient (Wildman–Crippen LogP) is 0.0914. The zero-order chi connectivity index (χ0) is 36.2. The number of aliphatic hydroxyl groups excluding tert-OH is 1. The first-order chi connectivity index (χ1) is 24.5. The van der Waals surface area contributed by atoms with Crippen LogP contribution in [0.25, 0.3) is 0 Å². The number of benzene rings is 2. The highest BCUT2D eigenvalue weighted by atomic mass is 32.2. The van der Waals surface area contributed by atoms with Gasteiger partial charge in [-0.3, -0.25) is 24.1 Å². The molecule has 0 aliphatic carbocycles. The van der Waals surface area contributed by atoms with Gasteiger partial charge in [0.1, 0.15) is 17.2 Å². The van der Waals surface area contributed by atoms with E-state index in [9.17, 15) is 38.6 Å². The third-order valence-electron chi connectivity index (χ3n) is 8.44. The van der Waals surface area contributed by atoms with E-state index >= 15 is 0 Å². The number of hydrogen-bond donors (Lipinski definition) is 4. The number of rotatable bonds is 12. The van der Waals surface area contributed by atoms with Crippen molar-refractivity contribution in [3.05, 3.63) is 107 Å². The van der Waals surface area contributed by atoms with Crippen LogP contribution < -0.4 is 25.0 Å². The molecular weight excluding hydrogens is 685 g/mol. The Hall–Kier alpha value is -5.74. The third-order valence-corrected chi connectivity index (χ3v) is 9.74. The molecule has 6 rings (SSSR count). The average Bonchev–Trinajstić information content (AvgIpc) is 3.46. The number of fused-ring (bicyclic) bond motifs is 1. The van der Waals surface area contributed by atoms with E-state index in [1.807, 2.05) is 0 Å². The first-order valence-electron chi connectivity index (χ1n) is 15.8. The molecule has 3 aliphatic rings. The number of aliphatic carboxylic acids is 1. The second kappa shape index (κ2) is 15.0. The second-order valence-electron chi connectivity index (χ2n) is 11.9. The van der Waals surface area contributed by atoms with Crippen LogP contribution in [-0.2, 0) is 43.7 Å². The number of aromatic nitrogens is 1. The fraction of sp³-hybridized carbons (Fsp3) is 0.257. The summed E-state index contributed by atoms with van der Waals surface area (Å²) in [5, 5.41) is 35.2. The number of nitrogens with zero attached hydrogens (tertiary/aromatic N) is 3. The van der Waals surface area contributed by atoms with Crippen LogP contribution >= 0.6 is 11.8 Å². The molecule has 2 saturated heterocycles. The number of nitrogens with one attached hydrogen (secondary N) is 2. The molecule has 0 saturated carbocycles. The van der Waals surface area contributed by atoms with Crippen LogP contribution in [0, 0.1) is 5.82 Å². The van der Waals surface area contributed by atoms with E-state index < -0.39 is 46.7 Å². The van der Waals surface area contributed by atoms with Gasteiger partial charge in [0, 0.05) is 48.3 Å². The van der Waals surface area contributed by atoms with Crippen molar-refractivity contribution in [2.24, 2.45) is 0 Å².